The highest BCUT2D eigenvalue weighted by Crippen LogP contribution is 2.31. The lowest BCUT2D eigenvalue weighted by molar-refractivity contribution is -0.122. The molecule has 4 rings (SSSR count). The van der Waals surface area contributed by atoms with Gasteiger partial charge in [0.2, 0.25) is 0 Å². The van der Waals surface area contributed by atoms with E-state index in [9.17, 15) is 4.79 Å². The summed E-state index contributed by atoms with van der Waals surface area (Å²) in [5.41, 5.74) is 0.424. The number of carbonyl (C=O) groups excluding carboxylic acids is 1. The largest absolute Gasteiger partial charge is 0.486 e. The molecular weight excluding hydrogens is 395 g/mol. The lowest BCUT2D eigenvalue weighted by Crippen LogP contribution is -2.32. The summed E-state index contributed by atoms with van der Waals surface area (Å²) in [6.45, 7) is 0.231. The first kappa shape index (κ1) is 17.4. The minimum atomic E-state index is -0.109. The van der Waals surface area contributed by atoms with Gasteiger partial charge in [0, 0.05) is 18.2 Å². The Kier molecular flexibility index (Phi) is 4.65. The molecule has 1 saturated heterocycles. The fourth-order valence-electron chi connectivity index (χ4n) is 2.63. The van der Waals surface area contributed by atoms with E-state index >= 15 is 0 Å². The molecule has 8 heteroatoms. The van der Waals surface area contributed by atoms with Gasteiger partial charge in [0.1, 0.15) is 29.6 Å². The first-order valence-electron chi connectivity index (χ1n) is 8.04. The van der Waals surface area contributed by atoms with Crippen molar-refractivity contribution < 1.29 is 13.9 Å². The summed E-state index contributed by atoms with van der Waals surface area (Å²) in [6, 6.07) is 8.85. The Morgan fingerprint density at radius 3 is 2.81 bits per heavy atom. The van der Waals surface area contributed by atoms with Gasteiger partial charge in [0.25, 0.3) is 5.91 Å². The zero-order valence-corrected chi connectivity index (χ0v) is 15.8. The quantitative estimate of drug-likeness (QED) is 0.587. The Balaban J connectivity index is 1.42. The SMILES string of the molecule is O=C1/C(=C\c2ccc(COc3ccc(Cl)c(Cl)c3)o2)NC(=S)N1C1CC1. The van der Waals surface area contributed by atoms with Gasteiger partial charge >= 0.3 is 0 Å². The number of ether oxygens (including phenoxy) is 1. The summed E-state index contributed by atoms with van der Waals surface area (Å²) in [5.74, 6) is 1.65. The molecule has 2 fully saturated rings. The highest BCUT2D eigenvalue weighted by atomic mass is 35.5. The Bertz CT molecular complexity index is 921. The van der Waals surface area contributed by atoms with E-state index < -0.39 is 0 Å². The summed E-state index contributed by atoms with van der Waals surface area (Å²) >= 11 is 17.1. The molecule has 0 spiro atoms. The summed E-state index contributed by atoms with van der Waals surface area (Å²) < 4.78 is 11.3. The lowest BCUT2D eigenvalue weighted by Gasteiger charge is -2.11. The van der Waals surface area contributed by atoms with Gasteiger partial charge in [-0.1, -0.05) is 23.2 Å². The van der Waals surface area contributed by atoms with E-state index in [1.165, 1.54) is 0 Å². The highest BCUT2D eigenvalue weighted by molar-refractivity contribution is 7.80. The van der Waals surface area contributed by atoms with Gasteiger partial charge < -0.3 is 14.5 Å². The van der Waals surface area contributed by atoms with E-state index in [4.69, 9.17) is 44.6 Å². The Hall–Kier alpha value is -2.02. The lowest BCUT2D eigenvalue weighted by atomic mass is 10.3. The topological polar surface area (TPSA) is 54.7 Å². The van der Waals surface area contributed by atoms with Crippen LogP contribution in [0.4, 0.5) is 0 Å². The zero-order chi connectivity index (χ0) is 18.3. The van der Waals surface area contributed by atoms with E-state index in [0.717, 1.165) is 12.8 Å². The molecule has 26 heavy (non-hydrogen) atoms. The summed E-state index contributed by atoms with van der Waals surface area (Å²) in [4.78, 5) is 14.0. The fourth-order valence-corrected chi connectivity index (χ4v) is 3.26. The van der Waals surface area contributed by atoms with Gasteiger partial charge in [-0.05, 0) is 49.3 Å². The Morgan fingerprint density at radius 2 is 2.08 bits per heavy atom. The second kappa shape index (κ2) is 6.95. The molecule has 1 saturated carbocycles. The maximum absolute atomic E-state index is 12.4. The number of benzene rings is 1. The van der Waals surface area contributed by atoms with E-state index in [-0.39, 0.29) is 18.6 Å². The molecule has 0 atom stereocenters. The third kappa shape index (κ3) is 3.58. The molecule has 1 aromatic heterocycles. The summed E-state index contributed by atoms with van der Waals surface area (Å²) in [7, 11) is 0. The van der Waals surface area contributed by atoms with Crippen LogP contribution in [-0.4, -0.2) is 22.0 Å². The van der Waals surface area contributed by atoms with E-state index in [1.807, 2.05) is 0 Å². The second-order valence-corrected chi connectivity index (χ2v) is 7.26. The third-order valence-electron chi connectivity index (χ3n) is 4.06. The molecule has 2 aromatic rings. The van der Waals surface area contributed by atoms with Crippen LogP contribution in [0.1, 0.15) is 24.4 Å². The van der Waals surface area contributed by atoms with Crippen LogP contribution in [0, 0.1) is 0 Å². The standard InChI is InChI=1S/C18H14Cl2N2O3S/c19-14-6-5-11(7-15(14)20)24-9-13-4-3-12(25-13)8-16-17(23)22(10-1-2-10)18(26)21-16/h3-8,10H,1-2,9H2,(H,21,26)/b16-8+. The number of thiocarbonyl (C=S) groups is 1. The van der Waals surface area contributed by atoms with Crippen molar-refractivity contribution in [3.63, 3.8) is 0 Å². The number of carbonyl (C=O) groups is 1. The third-order valence-corrected chi connectivity index (χ3v) is 5.10. The first-order chi connectivity index (χ1) is 12.5. The monoisotopic (exact) mass is 408 g/mol. The number of halogens is 2. The Morgan fingerprint density at radius 1 is 1.27 bits per heavy atom. The molecule has 134 valence electrons. The van der Waals surface area contributed by atoms with Crippen LogP contribution in [0.25, 0.3) is 6.08 Å². The van der Waals surface area contributed by atoms with Gasteiger partial charge in [-0.2, -0.15) is 0 Å². The van der Waals surface area contributed by atoms with Gasteiger partial charge in [0.05, 0.1) is 10.0 Å². The molecule has 0 bridgehead atoms. The predicted octanol–water partition coefficient (Wildman–Crippen LogP) is 4.39. The molecule has 1 aliphatic heterocycles. The van der Waals surface area contributed by atoms with Crippen LogP contribution in [0.15, 0.2) is 40.4 Å². The molecule has 0 radical (unpaired) electrons. The van der Waals surface area contributed by atoms with Crippen molar-refractivity contribution in [1.29, 1.82) is 0 Å². The summed E-state index contributed by atoms with van der Waals surface area (Å²) in [5, 5.41) is 4.31. The van der Waals surface area contributed by atoms with Gasteiger partial charge in [-0.15, -0.1) is 0 Å². The number of amides is 1. The maximum Gasteiger partial charge on any atom is 0.276 e. The number of nitrogens with zero attached hydrogens (tertiary/aromatic N) is 1. The molecule has 0 unspecified atom stereocenters. The zero-order valence-electron chi connectivity index (χ0n) is 13.5. The van der Waals surface area contributed by atoms with Crippen molar-refractivity contribution in [2.24, 2.45) is 0 Å². The Labute approximate surface area is 165 Å². The summed E-state index contributed by atoms with van der Waals surface area (Å²) in [6.07, 6.45) is 3.65. The van der Waals surface area contributed by atoms with Crippen molar-refractivity contribution in [1.82, 2.24) is 10.2 Å². The van der Waals surface area contributed by atoms with Crippen LogP contribution in [0.2, 0.25) is 10.0 Å². The molecule has 1 aliphatic carbocycles. The number of hydrogen-bond donors (Lipinski definition) is 1. The van der Waals surface area contributed by atoms with Crippen molar-refractivity contribution in [2.45, 2.75) is 25.5 Å². The van der Waals surface area contributed by atoms with Crippen LogP contribution in [-0.2, 0) is 11.4 Å². The van der Waals surface area contributed by atoms with Crippen molar-refractivity contribution >= 4 is 52.5 Å². The first-order valence-corrected chi connectivity index (χ1v) is 9.20. The molecule has 5 nitrogen and oxygen atoms in total. The van der Waals surface area contributed by atoms with Crippen LogP contribution in [0.3, 0.4) is 0 Å². The van der Waals surface area contributed by atoms with Crippen molar-refractivity contribution in [3.05, 3.63) is 57.6 Å². The predicted molar refractivity (Wildman–Crippen MR) is 103 cm³/mol. The van der Waals surface area contributed by atoms with E-state index in [0.29, 0.717) is 38.1 Å². The van der Waals surface area contributed by atoms with Crippen LogP contribution >= 0.6 is 35.4 Å². The average Bonchev–Trinajstić information content (AvgIpc) is 3.27. The molecule has 1 amide bonds. The van der Waals surface area contributed by atoms with E-state index in [2.05, 4.69) is 5.32 Å². The van der Waals surface area contributed by atoms with Crippen molar-refractivity contribution in [3.8, 4) is 5.75 Å². The molecular formula is C18H14Cl2N2O3S. The minimum Gasteiger partial charge on any atom is -0.486 e. The molecule has 1 aromatic carbocycles. The van der Waals surface area contributed by atoms with Crippen LogP contribution in [0.5, 0.6) is 5.75 Å². The molecule has 2 aliphatic rings. The fraction of sp³-hybridized carbons (Fsp3) is 0.222. The van der Waals surface area contributed by atoms with Gasteiger partial charge in [0.15, 0.2) is 5.11 Å². The second-order valence-electron chi connectivity index (χ2n) is 6.06. The van der Waals surface area contributed by atoms with E-state index in [1.54, 1.807) is 41.3 Å². The van der Waals surface area contributed by atoms with Crippen LogP contribution < -0.4 is 10.1 Å². The highest BCUT2D eigenvalue weighted by Gasteiger charge is 2.41. The number of furan rings is 1. The van der Waals surface area contributed by atoms with Gasteiger partial charge in [-0.25, -0.2) is 0 Å². The average molecular weight is 409 g/mol. The maximum atomic E-state index is 12.4. The normalized spacial score (nSPS) is 18.5. The van der Waals surface area contributed by atoms with Gasteiger partial charge in [-0.3, -0.25) is 9.69 Å². The smallest absolute Gasteiger partial charge is 0.276 e. The molecule has 2 heterocycles. The number of hydrogen-bond acceptors (Lipinski definition) is 4. The molecule has 1 N–H and O–H groups in total. The number of rotatable bonds is 5. The number of nitrogens with one attached hydrogen (secondary N) is 1. The minimum absolute atomic E-state index is 0.109. The van der Waals surface area contributed by atoms with Crippen molar-refractivity contribution in [2.75, 3.05) is 0 Å².